The standard InChI is InChI=1S/C20H26N4.HI/c1-21-20(22-15-19-8-11-23(2)16-19)24-12-9-18(10-13-24)14-17-6-4-3-5-7-17;/h3-8,11,14,16H,9-10,12-13,15H2,1-2H3,(H,21,22);1H. The molecule has 0 spiro atoms. The molecule has 1 fully saturated rings. The van der Waals surface area contributed by atoms with Crippen LogP contribution in [0.2, 0.25) is 0 Å². The van der Waals surface area contributed by atoms with Gasteiger partial charge in [0.15, 0.2) is 5.96 Å². The van der Waals surface area contributed by atoms with Crippen LogP contribution in [0.25, 0.3) is 6.08 Å². The summed E-state index contributed by atoms with van der Waals surface area (Å²) in [5.41, 5.74) is 4.10. The van der Waals surface area contributed by atoms with Crippen LogP contribution in [0.15, 0.2) is 59.4 Å². The maximum absolute atomic E-state index is 4.45. The zero-order valence-electron chi connectivity index (χ0n) is 15.0. The van der Waals surface area contributed by atoms with Crippen molar-refractivity contribution in [3.8, 4) is 0 Å². The van der Waals surface area contributed by atoms with Crippen molar-refractivity contribution in [1.29, 1.82) is 0 Å². The molecular formula is C20H27IN4. The summed E-state index contributed by atoms with van der Waals surface area (Å²) < 4.78 is 2.07. The van der Waals surface area contributed by atoms with Crippen LogP contribution in [0, 0.1) is 0 Å². The zero-order valence-corrected chi connectivity index (χ0v) is 17.3. The van der Waals surface area contributed by atoms with Gasteiger partial charge in [0, 0.05) is 46.1 Å². The highest BCUT2D eigenvalue weighted by molar-refractivity contribution is 14.0. The molecular weight excluding hydrogens is 423 g/mol. The lowest BCUT2D eigenvalue weighted by atomic mass is 10.0. The minimum Gasteiger partial charge on any atom is -0.357 e. The second-order valence-corrected chi connectivity index (χ2v) is 6.29. The summed E-state index contributed by atoms with van der Waals surface area (Å²) in [5.74, 6) is 0.998. The Bertz CT molecular complexity index is 708. The van der Waals surface area contributed by atoms with Gasteiger partial charge in [-0.05, 0) is 30.0 Å². The fourth-order valence-electron chi connectivity index (χ4n) is 3.11. The fraction of sp³-hybridized carbons (Fsp3) is 0.350. The quantitative estimate of drug-likeness (QED) is 0.437. The molecule has 1 aromatic heterocycles. The van der Waals surface area contributed by atoms with Crippen LogP contribution in [-0.4, -0.2) is 35.6 Å². The SMILES string of the molecule is CN=C(NCc1ccn(C)c1)N1CCC(=Cc2ccccc2)CC1.I. The van der Waals surface area contributed by atoms with Crippen LogP contribution in [0.4, 0.5) is 0 Å². The van der Waals surface area contributed by atoms with E-state index >= 15 is 0 Å². The minimum absolute atomic E-state index is 0. The Morgan fingerprint density at radius 3 is 2.48 bits per heavy atom. The maximum Gasteiger partial charge on any atom is 0.193 e. The smallest absolute Gasteiger partial charge is 0.193 e. The lowest BCUT2D eigenvalue weighted by Crippen LogP contribution is -2.44. The molecule has 0 bridgehead atoms. The van der Waals surface area contributed by atoms with E-state index in [1.54, 1.807) is 0 Å². The van der Waals surface area contributed by atoms with E-state index in [4.69, 9.17) is 0 Å². The van der Waals surface area contributed by atoms with Gasteiger partial charge in [0.05, 0.1) is 0 Å². The van der Waals surface area contributed by atoms with Gasteiger partial charge in [0.2, 0.25) is 0 Å². The van der Waals surface area contributed by atoms with E-state index in [1.165, 1.54) is 16.7 Å². The molecule has 0 atom stereocenters. The number of aryl methyl sites for hydroxylation is 1. The van der Waals surface area contributed by atoms with Crippen LogP contribution >= 0.6 is 24.0 Å². The Morgan fingerprint density at radius 1 is 1.16 bits per heavy atom. The molecule has 4 nitrogen and oxygen atoms in total. The number of hydrogen-bond donors (Lipinski definition) is 1. The number of rotatable bonds is 3. The number of hydrogen-bond acceptors (Lipinski definition) is 1. The Hall–Kier alpha value is -1.76. The minimum atomic E-state index is 0. The van der Waals surface area contributed by atoms with Crippen molar-refractivity contribution in [2.45, 2.75) is 19.4 Å². The van der Waals surface area contributed by atoms with E-state index in [-0.39, 0.29) is 24.0 Å². The second-order valence-electron chi connectivity index (χ2n) is 6.29. The average molecular weight is 450 g/mol. The predicted molar refractivity (Wildman–Crippen MR) is 116 cm³/mol. The normalized spacial score (nSPS) is 14.9. The zero-order chi connectivity index (χ0) is 16.8. The van der Waals surface area contributed by atoms with Gasteiger partial charge in [-0.15, -0.1) is 24.0 Å². The molecule has 0 aliphatic carbocycles. The van der Waals surface area contributed by atoms with Gasteiger partial charge in [-0.1, -0.05) is 42.0 Å². The highest BCUT2D eigenvalue weighted by Crippen LogP contribution is 2.19. The molecule has 2 heterocycles. The Kier molecular flexibility index (Phi) is 7.55. The topological polar surface area (TPSA) is 32.6 Å². The van der Waals surface area contributed by atoms with Crippen molar-refractivity contribution in [3.05, 3.63) is 65.5 Å². The Morgan fingerprint density at radius 2 is 1.88 bits per heavy atom. The van der Waals surface area contributed by atoms with Gasteiger partial charge in [-0.2, -0.15) is 0 Å². The first-order valence-electron chi connectivity index (χ1n) is 8.55. The van der Waals surface area contributed by atoms with E-state index < -0.39 is 0 Å². The Labute approximate surface area is 167 Å². The number of likely N-dealkylation sites (tertiary alicyclic amines) is 1. The number of piperidine rings is 1. The van der Waals surface area contributed by atoms with Crippen LogP contribution < -0.4 is 5.32 Å². The summed E-state index contributed by atoms with van der Waals surface area (Å²) in [5, 5.41) is 3.48. The molecule has 2 aromatic rings. The third-order valence-electron chi connectivity index (χ3n) is 4.43. The van der Waals surface area contributed by atoms with E-state index in [9.17, 15) is 0 Å². The van der Waals surface area contributed by atoms with Gasteiger partial charge in [0.25, 0.3) is 0 Å². The van der Waals surface area contributed by atoms with Crippen molar-refractivity contribution in [2.24, 2.45) is 12.0 Å². The second kappa shape index (κ2) is 9.65. The van der Waals surface area contributed by atoms with Gasteiger partial charge < -0.3 is 14.8 Å². The van der Waals surface area contributed by atoms with Crippen LogP contribution in [-0.2, 0) is 13.6 Å². The van der Waals surface area contributed by atoms with Crippen molar-refractivity contribution in [1.82, 2.24) is 14.8 Å². The van der Waals surface area contributed by atoms with Crippen LogP contribution in [0.5, 0.6) is 0 Å². The fourth-order valence-corrected chi connectivity index (χ4v) is 3.11. The molecule has 1 aliphatic rings. The summed E-state index contributed by atoms with van der Waals surface area (Å²) in [4.78, 5) is 6.80. The summed E-state index contributed by atoms with van der Waals surface area (Å²) in [6, 6.07) is 12.7. The Balaban J connectivity index is 0.00000225. The average Bonchev–Trinajstić information content (AvgIpc) is 3.03. The van der Waals surface area contributed by atoms with Crippen molar-refractivity contribution < 1.29 is 0 Å². The number of guanidine groups is 1. The van der Waals surface area contributed by atoms with Gasteiger partial charge in [-0.25, -0.2) is 0 Å². The molecule has 5 heteroatoms. The predicted octanol–water partition coefficient (Wildman–Crippen LogP) is 3.90. The van der Waals surface area contributed by atoms with E-state index in [0.717, 1.165) is 38.4 Å². The van der Waals surface area contributed by atoms with Crippen molar-refractivity contribution >= 4 is 36.0 Å². The molecule has 25 heavy (non-hydrogen) atoms. The van der Waals surface area contributed by atoms with Gasteiger partial charge >= 0.3 is 0 Å². The number of halogens is 1. The lowest BCUT2D eigenvalue weighted by Gasteiger charge is -2.31. The number of nitrogens with one attached hydrogen (secondary N) is 1. The van der Waals surface area contributed by atoms with Gasteiger partial charge in [-0.3, -0.25) is 4.99 Å². The number of aliphatic imine (C=N–C) groups is 1. The molecule has 0 saturated carbocycles. The largest absolute Gasteiger partial charge is 0.357 e. The first kappa shape index (κ1) is 19.6. The number of benzene rings is 1. The third-order valence-corrected chi connectivity index (χ3v) is 4.43. The number of aromatic nitrogens is 1. The molecule has 0 amide bonds. The molecule has 1 N–H and O–H groups in total. The first-order valence-corrected chi connectivity index (χ1v) is 8.55. The monoisotopic (exact) mass is 450 g/mol. The summed E-state index contributed by atoms with van der Waals surface area (Å²) in [6.07, 6.45) is 8.73. The van der Waals surface area contributed by atoms with E-state index in [2.05, 4.69) is 74.6 Å². The molecule has 0 unspecified atom stereocenters. The van der Waals surface area contributed by atoms with E-state index in [1.807, 2.05) is 14.1 Å². The molecule has 3 rings (SSSR count). The van der Waals surface area contributed by atoms with Crippen LogP contribution in [0.1, 0.15) is 24.0 Å². The maximum atomic E-state index is 4.45. The lowest BCUT2D eigenvalue weighted by molar-refractivity contribution is 0.375. The molecule has 134 valence electrons. The van der Waals surface area contributed by atoms with Gasteiger partial charge in [0.1, 0.15) is 0 Å². The number of nitrogens with zero attached hydrogens (tertiary/aromatic N) is 3. The molecule has 1 aliphatic heterocycles. The highest BCUT2D eigenvalue weighted by atomic mass is 127. The summed E-state index contributed by atoms with van der Waals surface area (Å²) in [7, 11) is 3.91. The first-order chi connectivity index (χ1) is 11.7. The van der Waals surface area contributed by atoms with Crippen molar-refractivity contribution in [2.75, 3.05) is 20.1 Å². The summed E-state index contributed by atoms with van der Waals surface area (Å²) in [6.45, 7) is 2.86. The molecule has 1 saturated heterocycles. The highest BCUT2D eigenvalue weighted by Gasteiger charge is 2.17. The summed E-state index contributed by atoms with van der Waals surface area (Å²) >= 11 is 0. The van der Waals surface area contributed by atoms with E-state index in [0.29, 0.717) is 0 Å². The van der Waals surface area contributed by atoms with Crippen LogP contribution in [0.3, 0.4) is 0 Å². The molecule has 1 aromatic carbocycles. The van der Waals surface area contributed by atoms with Crippen molar-refractivity contribution in [3.63, 3.8) is 0 Å². The third kappa shape index (κ3) is 5.63. The molecule has 0 radical (unpaired) electrons.